The molecule has 0 radical (unpaired) electrons. The van der Waals surface area contributed by atoms with Crippen LogP contribution in [0.25, 0.3) is 0 Å². The monoisotopic (exact) mass is 144 g/mol. The minimum atomic E-state index is 0. The van der Waals surface area contributed by atoms with Crippen molar-refractivity contribution in [1.29, 1.82) is 0 Å². The first kappa shape index (κ1) is 121. The molecule has 0 unspecified atom stereocenters. The molecule has 0 heterocycles. The van der Waals surface area contributed by atoms with Crippen molar-refractivity contribution in [3.05, 3.63) is 0 Å². The molecule has 0 amide bonds. The lowest BCUT2D eigenvalue weighted by Crippen LogP contribution is -1.29. The Morgan fingerprint density at radius 3 is 0.500 bits per heavy atom. The van der Waals surface area contributed by atoms with E-state index in [4.69, 9.17) is 21.0 Å². The second-order valence-electron chi connectivity index (χ2n) is 0. The zero-order valence-electron chi connectivity index (χ0n) is 7.79. The van der Waals surface area contributed by atoms with E-state index in [1.807, 2.05) is 0 Å². The molecular formula is H16O8+4. The maximum atomic E-state index is 6.00. The van der Waals surface area contributed by atoms with Gasteiger partial charge in [-0.25, -0.2) is 0 Å². The summed E-state index contributed by atoms with van der Waals surface area (Å²) in [6.07, 6.45) is 0. The zero-order valence-corrected chi connectivity index (χ0v) is 3.79. The molecule has 12 N–H and O–H groups in total. The average molecular weight is 144 g/mol. The van der Waals surface area contributed by atoms with E-state index in [-0.39, 0.29) is 27.6 Å². The highest BCUT2D eigenvalue weighted by Gasteiger charge is 0.747. The van der Waals surface area contributed by atoms with Crippen molar-refractivity contribution in [2.45, 2.75) is 0 Å². The summed E-state index contributed by atoms with van der Waals surface area (Å²) in [4.78, 5) is 0. The molecule has 0 aliphatic rings. The van der Waals surface area contributed by atoms with Crippen LogP contribution in [0.2, 0.25) is 0 Å². The minimum absolute atomic E-state index is 0. The van der Waals surface area contributed by atoms with Crippen LogP contribution in [0, 0.1) is 0 Å². The molecule has 0 fully saturated rings. The second-order valence-corrected chi connectivity index (χ2v) is 0. The molecule has 0 atom stereocenters. The smallest absolute Gasteiger partial charge is 0.412 e. The second kappa shape index (κ2) is 2100. The Morgan fingerprint density at radius 1 is 0.500 bits per heavy atom. The summed E-state index contributed by atoms with van der Waals surface area (Å²) in [7, 11) is 0. The van der Waals surface area contributed by atoms with Gasteiger partial charge in [0.15, 0.2) is 0 Å². The molecule has 0 aromatic rings. The fraction of sp³-hybridized carbons (Fsp3) is 0. The fourth-order valence-corrected chi connectivity index (χ4v) is 0. The minimum Gasteiger partial charge on any atom is -0.412 e. The van der Waals surface area contributed by atoms with Crippen molar-refractivity contribution < 1.29 is 48.6 Å². The summed E-state index contributed by atoms with van der Waals surface area (Å²) in [6.45, 7) is 0. The highest BCUT2D eigenvalue weighted by Crippen LogP contribution is 0.713. The van der Waals surface area contributed by atoms with E-state index >= 15 is 0 Å². The van der Waals surface area contributed by atoms with Gasteiger partial charge in [0.25, 0.3) is 0 Å². The Bertz CT molecular complexity index is 11.0. The maximum absolute atomic E-state index is 6.00. The fourth-order valence-electron chi connectivity index (χ4n) is 0. The van der Waals surface area contributed by atoms with E-state index in [1.54, 1.807) is 0 Å². The molecule has 8 heteroatoms. The summed E-state index contributed by atoms with van der Waals surface area (Å²) in [5.41, 5.74) is 0. The predicted molar refractivity (Wildman–Crippen MR) is 29.4 cm³/mol. The lowest BCUT2D eigenvalue weighted by atomic mass is 15.0. The van der Waals surface area contributed by atoms with Crippen molar-refractivity contribution in [1.82, 2.24) is 0 Å². The summed E-state index contributed by atoms with van der Waals surface area (Å²) in [5.74, 6) is 0. The van der Waals surface area contributed by atoms with Gasteiger partial charge in [0, 0.05) is 0 Å². The molecule has 0 bridgehead atoms. The Labute approximate surface area is 50.3 Å². The van der Waals surface area contributed by atoms with Gasteiger partial charge in [-0.3, -0.25) is 21.0 Å². The van der Waals surface area contributed by atoms with E-state index < -0.39 is 0 Å². The third kappa shape index (κ3) is 1210. The first-order chi connectivity index (χ1) is 2.00. The van der Waals surface area contributed by atoms with Crippen LogP contribution in [-0.2, 0) is 0 Å². The van der Waals surface area contributed by atoms with Crippen LogP contribution >= 0.6 is 0 Å². The quantitative estimate of drug-likeness (QED) is 0.209. The largest absolute Gasteiger partial charge is 1.00 e. The first-order valence-electron chi connectivity index (χ1n) is 0.400. The van der Waals surface area contributed by atoms with Crippen LogP contribution in [-0.4, -0.2) is 42.9 Å². The van der Waals surface area contributed by atoms with Crippen LogP contribution in [0.3, 0.4) is 0 Å². The SMILES string of the molecule is O.O.O.O.OO.OO.[H+].[H+].[H+].[H+]. The zero-order chi connectivity index (χ0) is 4.00. The third-order valence-corrected chi connectivity index (χ3v) is 0. The molecule has 8 heavy (non-hydrogen) atoms. The van der Waals surface area contributed by atoms with Crippen molar-refractivity contribution in [3.8, 4) is 0 Å². The third-order valence-electron chi connectivity index (χ3n) is 0. The Hall–Kier alpha value is -0.320. The van der Waals surface area contributed by atoms with Crippen LogP contribution in [0.1, 0.15) is 5.71 Å². The Balaban J connectivity index is -0.000000000500. The van der Waals surface area contributed by atoms with Crippen molar-refractivity contribution >= 4 is 0 Å². The van der Waals surface area contributed by atoms with Crippen molar-refractivity contribution in [3.63, 3.8) is 0 Å². The molecule has 8 nitrogen and oxygen atoms in total. The highest BCUT2D eigenvalue weighted by molar-refractivity contribution is 1.83. The number of rotatable bonds is 0. The van der Waals surface area contributed by atoms with Crippen LogP contribution in [0.15, 0.2) is 0 Å². The molecule has 0 aliphatic carbocycles. The Kier molecular flexibility index (Phi) is 31900. The van der Waals surface area contributed by atoms with Crippen molar-refractivity contribution in [2.75, 3.05) is 0 Å². The van der Waals surface area contributed by atoms with E-state index in [9.17, 15) is 0 Å². The van der Waals surface area contributed by atoms with Gasteiger partial charge in [0.1, 0.15) is 0 Å². The highest BCUT2D eigenvalue weighted by atomic mass is 17.0. The van der Waals surface area contributed by atoms with Gasteiger partial charge in [-0.05, 0) is 0 Å². The molecule has 60 valence electrons. The van der Waals surface area contributed by atoms with Gasteiger partial charge in [-0.2, -0.15) is 0 Å². The number of hydrogen-bond donors (Lipinski definition) is 4. The summed E-state index contributed by atoms with van der Waals surface area (Å²) < 4.78 is 0. The first-order valence-corrected chi connectivity index (χ1v) is 0.400. The molecule has 0 saturated heterocycles. The Morgan fingerprint density at radius 2 is 0.500 bits per heavy atom. The average Bonchev–Trinajstić information content (AvgIpc) is 1.50. The molecule has 0 spiro atoms. The van der Waals surface area contributed by atoms with E-state index in [0.717, 1.165) is 0 Å². The summed E-state index contributed by atoms with van der Waals surface area (Å²) in [5, 5.41) is 24.0. The van der Waals surface area contributed by atoms with E-state index in [0.29, 0.717) is 0 Å². The maximum Gasteiger partial charge on any atom is 1.00 e. The lowest BCUT2D eigenvalue weighted by molar-refractivity contribution is -0.176. The summed E-state index contributed by atoms with van der Waals surface area (Å²) >= 11 is 0. The normalized spacial score (nSPS) is 1.50. The van der Waals surface area contributed by atoms with Gasteiger partial charge in [-0.15, -0.1) is 0 Å². The molecule has 0 aliphatic heterocycles. The van der Waals surface area contributed by atoms with Crippen LogP contribution in [0.4, 0.5) is 0 Å². The van der Waals surface area contributed by atoms with Crippen LogP contribution < -0.4 is 0 Å². The predicted octanol–water partition coefficient (Wildman–Crippen LogP) is -2.81. The molecular weight excluding hydrogens is 128 g/mol. The van der Waals surface area contributed by atoms with Crippen LogP contribution in [0.5, 0.6) is 0 Å². The number of hydrogen-bond acceptors (Lipinski definition) is 4. The van der Waals surface area contributed by atoms with E-state index in [1.165, 1.54) is 0 Å². The topological polar surface area (TPSA) is 207 Å². The molecule has 0 aromatic carbocycles. The van der Waals surface area contributed by atoms with Gasteiger partial charge in [0.05, 0.1) is 0 Å². The molecule has 0 rings (SSSR count). The summed E-state index contributed by atoms with van der Waals surface area (Å²) in [6, 6.07) is 0. The lowest BCUT2D eigenvalue weighted by Gasteiger charge is -1.25. The van der Waals surface area contributed by atoms with Gasteiger partial charge in [0.2, 0.25) is 0 Å². The van der Waals surface area contributed by atoms with E-state index in [2.05, 4.69) is 0 Å². The molecule has 0 saturated carbocycles. The van der Waals surface area contributed by atoms with Gasteiger partial charge in [-0.1, -0.05) is 0 Å². The van der Waals surface area contributed by atoms with Gasteiger partial charge >= 0.3 is 5.71 Å². The van der Waals surface area contributed by atoms with Crippen molar-refractivity contribution in [2.24, 2.45) is 0 Å². The standard InChI is InChI=1S/2H2O2.4H2O/c2*1-2;;;;/h2*1-2H;4*1H2/p+4. The van der Waals surface area contributed by atoms with Gasteiger partial charge < -0.3 is 21.9 Å². The molecule has 0 aromatic heterocycles.